The number of benzene rings is 1. The Labute approximate surface area is 248 Å². The van der Waals surface area contributed by atoms with Crippen molar-refractivity contribution < 1.29 is 19.1 Å². The van der Waals surface area contributed by atoms with E-state index in [1.165, 1.54) is 51.0 Å². The van der Waals surface area contributed by atoms with Crippen LogP contribution in [0, 0.1) is 28.6 Å². The smallest absolute Gasteiger partial charge is 0.302 e. The van der Waals surface area contributed by atoms with Crippen molar-refractivity contribution in [2.24, 2.45) is 28.6 Å². The molecule has 6 atom stereocenters. The molecule has 0 bridgehead atoms. The Kier molecular flexibility index (Phi) is 9.46. The summed E-state index contributed by atoms with van der Waals surface area (Å²) in [5, 5.41) is 0. The molecular formula is C37H52O4. The fraction of sp³-hybridized carbons (Fsp3) is 0.676. The third-order valence-corrected chi connectivity index (χ3v) is 11.3. The zero-order chi connectivity index (χ0) is 29.0. The maximum absolute atomic E-state index is 13.8. The molecule has 4 nitrogen and oxygen atoms in total. The minimum atomic E-state index is -0.247. The van der Waals surface area contributed by atoms with Gasteiger partial charge in [-0.15, -0.1) is 0 Å². The zero-order valence-electron chi connectivity index (χ0n) is 26.0. The standard InChI is InChI=1S/C37H52O4/c1-5-6-7-8-9-10-11-22-40-30-15-12-27(13-16-30)23-28-24-34-32-17-14-29-25-31(41-26(2)38)18-20-36(29,3)33(32)19-21-37(34,4)35(28)39/h12-16,23,31-34H,5-11,17-22,24-25H2,1-4H3. The van der Waals surface area contributed by atoms with E-state index in [2.05, 4.69) is 57.2 Å². The van der Waals surface area contributed by atoms with Crippen LogP contribution in [0.4, 0.5) is 0 Å². The molecule has 0 aromatic heterocycles. The summed E-state index contributed by atoms with van der Waals surface area (Å²) in [5.74, 6) is 2.68. The molecule has 0 heterocycles. The van der Waals surface area contributed by atoms with E-state index in [1.807, 2.05) is 0 Å². The molecule has 3 fully saturated rings. The van der Waals surface area contributed by atoms with Crippen molar-refractivity contribution in [1.29, 1.82) is 0 Å². The number of rotatable bonds is 11. The average Bonchev–Trinajstić information content (AvgIpc) is 3.20. The van der Waals surface area contributed by atoms with Gasteiger partial charge in [0, 0.05) is 18.8 Å². The van der Waals surface area contributed by atoms with Gasteiger partial charge in [0.25, 0.3) is 0 Å². The van der Waals surface area contributed by atoms with E-state index in [0.29, 0.717) is 23.5 Å². The van der Waals surface area contributed by atoms with Gasteiger partial charge in [0.2, 0.25) is 0 Å². The molecule has 4 heteroatoms. The van der Waals surface area contributed by atoms with E-state index in [4.69, 9.17) is 9.47 Å². The fourth-order valence-electron chi connectivity index (χ4n) is 8.87. The Hall–Kier alpha value is -2.36. The molecule has 1 aromatic carbocycles. The minimum absolute atomic E-state index is 0.0249. The summed E-state index contributed by atoms with van der Waals surface area (Å²) in [4.78, 5) is 25.4. The Morgan fingerprint density at radius 3 is 2.37 bits per heavy atom. The summed E-state index contributed by atoms with van der Waals surface area (Å²) in [7, 11) is 0. The second-order valence-electron chi connectivity index (χ2n) is 13.9. The summed E-state index contributed by atoms with van der Waals surface area (Å²) in [6, 6.07) is 8.31. The second kappa shape index (κ2) is 12.9. The number of carbonyl (C=O) groups excluding carboxylic acids is 2. The molecular weight excluding hydrogens is 508 g/mol. The Balaban J connectivity index is 1.20. The Morgan fingerprint density at radius 1 is 0.927 bits per heavy atom. The van der Waals surface area contributed by atoms with Crippen LogP contribution < -0.4 is 4.74 Å². The van der Waals surface area contributed by atoms with Gasteiger partial charge in [0.05, 0.1) is 6.61 Å². The van der Waals surface area contributed by atoms with Crippen LogP contribution in [-0.4, -0.2) is 24.5 Å². The highest BCUT2D eigenvalue weighted by atomic mass is 16.5. The third kappa shape index (κ3) is 6.37. The molecule has 0 saturated heterocycles. The number of Topliss-reactive ketones (excluding diaryl/α,β-unsaturated/α-hetero) is 1. The lowest BCUT2D eigenvalue weighted by atomic mass is 9.48. The third-order valence-electron chi connectivity index (χ3n) is 11.3. The SMILES string of the molecule is CCCCCCCCCOc1ccc(C=C2CC3C4CC=C5CC(OC(C)=O)CCC5(C)C4CCC3(C)C2=O)cc1. The van der Waals surface area contributed by atoms with Crippen LogP contribution in [0.2, 0.25) is 0 Å². The van der Waals surface area contributed by atoms with Crippen molar-refractivity contribution in [2.75, 3.05) is 6.61 Å². The van der Waals surface area contributed by atoms with E-state index >= 15 is 0 Å². The van der Waals surface area contributed by atoms with Crippen LogP contribution in [0.25, 0.3) is 6.08 Å². The molecule has 0 N–H and O–H groups in total. The molecule has 4 aliphatic carbocycles. The molecule has 224 valence electrons. The molecule has 0 amide bonds. The van der Waals surface area contributed by atoms with Crippen LogP contribution >= 0.6 is 0 Å². The number of ketones is 1. The summed E-state index contributed by atoms with van der Waals surface area (Å²) >= 11 is 0. The number of esters is 1. The maximum atomic E-state index is 13.8. The lowest BCUT2D eigenvalue weighted by Gasteiger charge is -2.56. The highest BCUT2D eigenvalue weighted by Gasteiger charge is 2.60. The predicted molar refractivity (Wildman–Crippen MR) is 166 cm³/mol. The van der Waals surface area contributed by atoms with Crippen molar-refractivity contribution in [3.63, 3.8) is 0 Å². The van der Waals surface area contributed by atoms with Crippen LogP contribution in [0.5, 0.6) is 5.75 Å². The highest BCUT2D eigenvalue weighted by molar-refractivity contribution is 6.06. The predicted octanol–water partition coefficient (Wildman–Crippen LogP) is 9.27. The first-order chi connectivity index (χ1) is 19.7. The van der Waals surface area contributed by atoms with Gasteiger partial charge < -0.3 is 9.47 Å². The summed E-state index contributed by atoms with van der Waals surface area (Å²) in [6.45, 7) is 9.25. The molecule has 0 radical (unpaired) electrons. The molecule has 5 rings (SSSR count). The van der Waals surface area contributed by atoms with Crippen molar-refractivity contribution in [1.82, 2.24) is 0 Å². The average molecular weight is 561 g/mol. The van der Waals surface area contributed by atoms with Crippen LogP contribution in [0.15, 0.2) is 41.5 Å². The van der Waals surface area contributed by atoms with Gasteiger partial charge in [-0.1, -0.05) is 83.1 Å². The number of ether oxygens (including phenoxy) is 2. The van der Waals surface area contributed by atoms with E-state index in [0.717, 1.165) is 74.9 Å². The van der Waals surface area contributed by atoms with Crippen LogP contribution in [0.1, 0.15) is 123 Å². The van der Waals surface area contributed by atoms with Gasteiger partial charge in [-0.25, -0.2) is 0 Å². The molecule has 4 aliphatic rings. The lowest BCUT2D eigenvalue weighted by Crippen LogP contribution is -2.50. The van der Waals surface area contributed by atoms with Crippen LogP contribution in [-0.2, 0) is 14.3 Å². The molecule has 1 aromatic rings. The molecule has 0 aliphatic heterocycles. The first-order valence-corrected chi connectivity index (χ1v) is 16.6. The van der Waals surface area contributed by atoms with Crippen molar-refractivity contribution in [2.45, 2.75) is 124 Å². The lowest BCUT2D eigenvalue weighted by molar-refractivity contribution is -0.148. The summed E-state index contributed by atoms with van der Waals surface area (Å²) in [6.07, 6.45) is 20.6. The number of allylic oxidation sites excluding steroid dienone is 2. The molecule has 6 unspecified atom stereocenters. The summed E-state index contributed by atoms with van der Waals surface area (Å²) in [5.41, 5.74) is 3.52. The van der Waals surface area contributed by atoms with E-state index in [9.17, 15) is 9.59 Å². The van der Waals surface area contributed by atoms with E-state index in [-0.39, 0.29) is 22.9 Å². The first-order valence-electron chi connectivity index (χ1n) is 16.6. The summed E-state index contributed by atoms with van der Waals surface area (Å²) < 4.78 is 11.6. The quantitative estimate of drug-likeness (QED) is 0.117. The van der Waals surface area contributed by atoms with Gasteiger partial charge >= 0.3 is 5.97 Å². The Morgan fingerprint density at radius 2 is 1.63 bits per heavy atom. The van der Waals surface area contributed by atoms with Crippen molar-refractivity contribution >= 4 is 17.8 Å². The van der Waals surface area contributed by atoms with Crippen molar-refractivity contribution in [3.05, 3.63) is 47.1 Å². The zero-order valence-corrected chi connectivity index (χ0v) is 26.0. The fourth-order valence-corrected chi connectivity index (χ4v) is 8.87. The first kappa shape index (κ1) is 30.1. The molecule has 0 spiro atoms. The number of hydrogen-bond acceptors (Lipinski definition) is 4. The topological polar surface area (TPSA) is 52.6 Å². The van der Waals surface area contributed by atoms with Gasteiger partial charge in [0.15, 0.2) is 5.78 Å². The molecule has 3 saturated carbocycles. The van der Waals surface area contributed by atoms with Crippen LogP contribution in [0.3, 0.4) is 0 Å². The number of fused-ring (bicyclic) bond motifs is 5. The number of unbranched alkanes of at least 4 members (excludes halogenated alkanes) is 6. The second-order valence-corrected chi connectivity index (χ2v) is 13.9. The van der Waals surface area contributed by atoms with Gasteiger partial charge in [-0.2, -0.15) is 0 Å². The van der Waals surface area contributed by atoms with E-state index in [1.54, 1.807) is 0 Å². The van der Waals surface area contributed by atoms with Gasteiger partial charge in [0.1, 0.15) is 11.9 Å². The van der Waals surface area contributed by atoms with Gasteiger partial charge in [-0.05, 0) is 97.5 Å². The monoisotopic (exact) mass is 560 g/mol. The highest BCUT2D eigenvalue weighted by Crippen LogP contribution is 2.64. The molecule has 41 heavy (non-hydrogen) atoms. The maximum Gasteiger partial charge on any atom is 0.302 e. The largest absolute Gasteiger partial charge is 0.494 e. The van der Waals surface area contributed by atoms with Crippen molar-refractivity contribution in [3.8, 4) is 5.75 Å². The minimum Gasteiger partial charge on any atom is -0.494 e. The normalized spacial score (nSPS) is 33.5. The van der Waals surface area contributed by atoms with Gasteiger partial charge in [-0.3, -0.25) is 9.59 Å². The Bertz CT molecular complexity index is 1150. The number of hydrogen-bond donors (Lipinski definition) is 0. The number of carbonyl (C=O) groups is 2. The van der Waals surface area contributed by atoms with E-state index < -0.39 is 0 Å².